The molecule has 0 bridgehead atoms. The zero-order valence-corrected chi connectivity index (χ0v) is 19.9. The van der Waals surface area contributed by atoms with Gasteiger partial charge < -0.3 is 4.74 Å². The van der Waals surface area contributed by atoms with Crippen LogP contribution in [0.3, 0.4) is 0 Å². The first-order chi connectivity index (χ1) is 14.9. The van der Waals surface area contributed by atoms with Crippen molar-refractivity contribution in [2.75, 3.05) is 0 Å². The molecule has 2 aromatic heterocycles. The number of ether oxygens (including phenoxy) is 1. The van der Waals surface area contributed by atoms with Crippen molar-refractivity contribution < 1.29 is 17.9 Å². The average molecular weight is 454 g/mol. The molecule has 7 nitrogen and oxygen atoms in total. The topological polar surface area (TPSA) is 98.2 Å². The van der Waals surface area contributed by atoms with Crippen molar-refractivity contribution in [3.63, 3.8) is 0 Å². The van der Waals surface area contributed by atoms with Crippen LogP contribution in [0.5, 0.6) is 11.6 Å². The number of nitrogens with zero attached hydrogens (tertiary/aromatic N) is 2. The van der Waals surface area contributed by atoms with E-state index in [9.17, 15) is 13.2 Å². The van der Waals surface area contributed by atoms with Gasteiger partial charge in [0.2, 0.25) is 5.88 Å². The summed E-state index contributed by atoms with van der Waals surface area (Å²) in [5, 5.41) is -0.250. The number of sulfonamides is 1. The maximum Gasteiger partial charge on any atom is 0.281 e. The van der Waals surface area contributed by atoms with E-state index in [1.165, 1.54) is 24.4 Å². The third-order valence-corrected chi connectivity index (χ3v) is 6.06. The smallest absolute Gasteiger partial charge is 0.281 e. The molecule has 8 heteroatoms. The lowest BCUT2D eigenvalue weighted by Crippen LogP contribution is -2.31. The molecule has 0 fully saturated rings. The molecule has 32 heavy (non-hydrogen) atoms. The van der Waals surface area contributed by atoms with Crippen LogP contribution < -0.4 is 9.46 Å². The minimum atomic E-state index is -4.15. The third kappa shape index (κ3) is 5.13. The van der Waals surface area contributed by atoms with Gasteiger partial charge in [-0.2, -0.15) is 8.42 Å². The number of carbonyl (C=O) groups is 1. The van der Waals surface area contributed by atoms with Crippen molar-refractivity contribution in [3.8, 4) is 11.6 Å². The zero-order valence-electron chi connectivity index (χ0n) is 19.1. The summed E-state index contributed by atoms with van der Waals surface area (Å²) < 4.78 is 33.4. The highest BCUT2D eigenvalue weighted by molar-refractivity contribution is 7.90. The molecule has 0 aliphatic heterocycles. The molecule has 0 radical (unpaired) electrons. The number of amides is 1. The molecule has 1 aromatic carbocycles. The second-order valence-corrected chi connectivity index (χ2v) is 10.4. The van der Waals surface area contributed by atoms with Gasteiger partial charge in [-0.05, 0) is 56.2 Å². The number of nitrogens with one attached hydrogen (secondary N) is 1. The van der Waals surface area contributed by atoms with E-state index in [0.717, 1.165) is 16.7 Å². The number of carbonyl (C=O) groups excluding carboxylic acids is 1. The average Bonchev–Trinajstić information content (AvgIpc) is 2.70. The van der Waals surface area contributed by atoms with E-state index < -0.39 is 15.9 Å². The summed E-state index contributed by atoms with van der Waals surface area (Å²) in [5.41, 5.74) is 3.28. The zero-order chi connectivity index (χ0) is 23.7. The second kappa shape index (κ2) is 8.70. The van der Waals surface area contributed by atoms with Crippen LogP contribution in [0.1, 0.15) is 53.5 Å². The minimum absolute atomic E-state index is 0.0110. The van der Waals surface area contributed by atoms with Gasteiger partial charge in [0.25, 0.3) is 15.9 Å². The van der Waals surface area contributed by atoms with Crippen molar-refractivity contribution >= 4 is 15.9 Å². The molecular formula is C24H27N3O4S. The summed E-state index contributed by atoms with van der Waals surface area (Å²) in [6.45, 7) is 11.8. The summed E-state index contributed by atoms with van der Waals surface area (Å²) in [6.07, 6.45) is 1.34. The van der Waals surface area contributed by atoms with E-state index in [1.54, 1.807) is 12.1 Å². The van der Waals surface area contributed by atoms with Crippen molar-refractivity contribution in [2.24, 2.45) is 0 Å². The second-order valence-electron chi connectivity index (χ2n) is 8.73. The molecule has 168 valence electrons. The summed E-state index contributed by atoms with van der Waals surface area (Å²) in [6, 6.07) is 11.6. The minimum Gasteiger partial charge on any atom is -0.438 e. The third-order valence-electron chi connectivity index (χ3n) is 4.82. The SMILES string of the molecule is Cc1cc(C)c(Oc2nc(C(C)(C)C)ccc2C(=O)NS(=O)(=O)c2ccccn2)c(C)c1. The van der Waals surface area contributed by atoms with Crippen molar-refractivity contribution in [1.82, 2.24) is 14.7 Å². The largest absolute Gasteiger partial charge is 0.438 e. The standard InChI is InChI=1S/C24H27N3O4S/c1-15-13-16(2)21(17(3)14-15)31-23-18(10-11-19(26-23)24(4,5)6)22(28)27-32(29,30)20-9-7-8-12-25-20/h7-14H,1-6H3,(H,27,28). The molecule has 0 unspecified atom stereocenters. The van der Waals surface area contributed by atoms with E-state index >= 15 is 0 Å². The van der Waals surface area contributed by atoms with Gasteiger partial charge in [0.15, 0.2) is 5.03 Å². The van der Waals surface area contributed by atoms with Gasteiger partial charge in [-0.15, -0.1) is 0 Å². The van der Waals surface area contributed by atoms with Crippen molar-refractivity contribution in [2.45, 2.75) is 52.0 Å². The first-order valence-electron chi connectivity index (χ1n) is 10.1. The molecule has 3 rings (SSSR count). The Morgan fingerprint density at radius 1 is 1.00 bits per heavy atom. The maximum atomic E-state index is 13.0. The highest BCUT2D eigenvalue weighted by atomic mass is 32.2. The molecule has 2 heterocycles. The van der Waals surface area contributed by atoms with Crippen LogP contribution >= 0.6 is 0 Å². The number of benzene rings is 1. The lowest BCUT2D eigenvalue weighted by atomic mass is 9.91. The Morgan fingerprint density at radius 2 is 1.66 bits per heavy atom. The van der Waals surface area contributed by atoms with Crippen molar-refractivity contribution in [3.05, 3.63) is 76.6 Å². The number of hydrogen-bond donors (Lipinski definition) is 1. The van der Waals surface area contributed by atoms with E-state index in [4.69, 9.17) is 4.74 Å². The Balaban J connectivity index is 2.05. The Morgan fingerprint density at radius 3 is 2.22 bits per heavy atom. The van der Waals surface area contributed by atoms with Gasteiger partial charge >= 0.3 is 0 Å². The first kappa shape index (κ1) is 23.4. The quantitative estimate of drug-likeness (QED) is 0.606. The summed E-state index contributed by atoms with van der Waals surface area (Å²) >= 11 is 0. The van der Waals surface area contributed by atoms with Crippen LogP contribution in [0.4, 0.5) is 0 Å². The summed E-state index contributed by atoms with van der Waals surface area (Å²) in [4.78, 5) is 21.4. The molecule has 0 saturated carbocycles. The fourth-order valence-corrected chi connectivity index (χ4v) is 4.18. The highest BCUT2D eigenvalue weighted by Gasteiger charge is 2.26. The molecule has 1 N–H and O–H groups in total. The fraction of sp³-hybridized carbons (Fsp3) is 0.292. The Labute approximate surface area is 188 Å². The summed E-state index contributed by atoms with van der Waals surface area (Å²) in [5.74, 6) is -0.224. The van der Waals surface area contributed by atoms with Gasteiger partial charge in [-0.3, -0.25) is 4.79 Å². The van der Waals surface area contributed by atoms with Crippen LogP contribution in [0.15, 0.2) is 53.7 Å². The molecule has 1 amide bonds. The number of rotatable bonds is 5. The van der Waals surface area contributed by atoms with E-state index in [2.05, 4.69) is 14.7 Å². The monoisotopic (exact) mass is 453 g/mol. The van der Waals surface area contributed by atoms with E-state index in [0.29, 0.717) is 11.4 Å². The molecule has 0 aliphatic carbocycles. The lowest BCUT2D eigenvalue weighted by molar-refractivity contribution is 0.0978. The van der Waals surface area contributed by atoms with Gasteiger partial charge in [0.1, 0.15) is 11.3 Å². The predicted molar refractivity (Wildman–Crippen MR) is 123 cm³/mol. The Kier molecular flexibility index (Phi) is 6.37. The van der Waals surface area contributed by atoms with Crippen LogP contribution in [0.2, 0.25) is 0 Å². The van der Waals surface area contributed by atoms with Crippen molar-refractivity contribution in [1.29, 1.82) is 0 Å². The number of aromatic nitrogens is 2. The number of pyridine rings is 2. The van der Waals surface area contributed by atoms with Gasteiger partial charge in [0, 0.05) is 17.3 Å². The van der Waals surface area contributed by atoms with Crippen LogP contribution in [-0.2, 0) is 15.4 Å². The van der Waals surface area contributed by atoms with Gasteiger partial charge in [0.05, 0.1) is 0 Å². The molecule has 0 saturated heterocycles. The lowest BCUT2D eigenvalue weighted by Gasteiger charge is -2.21. The normalized spacial score (nSPS) is 11.8. The Bertz CT molecular complexity index is 1240. The summed E-state index contributed by atoms with van der Waals surface area (Å²) in [7, 11) is -4.15. The molecule has 3 aromatic rings. The molecular weight excluding hydrogens is 426 g/mol. The van der Waals surface area contributed by atoms with E-state index in [-0.39, 0.29) is 21.9 Å². The van der Waals surface area contributed by atoms with Gasteiger partial charge in [-0.25, -0.2) is 14.7 Å². The number of aryl methyl sites for hydroxylation is 3. The maximum absolute atomic E-state index is 13.0. The van der Waals surface area contributed by atoms with E-state index in [1.807, 2.05) is 53.7 Å². The molecule has 0 aliphatic rings. The predicted octanol–water partition coefficient (Wildman–Crippen LogP) is 4.61. The fourth-order valence-electron chi connectivity index (χ4n) is 3.27. The molecule has 0 spiro atoms. The molecule has 0 atom stereocenters. The Hall–Kier alpha value is -3.26. The van der Waals surface area contributed by atoms with Crippen LogP contribution in [0, 0.1) is 20.8 Å². The van der Waals surface area contributed by atoms with Crippen LogP contribution in [-0.4, -0.2) is 24.3 Å². The van der Waals surface area contributed by atoms with Crippen LogP contribution in [0.25, 0.3) is 0 Å². The number of hydrogen-bond acceptors (Lipinski definition) is 6. The highest BCUT2D eigenvalue weighted by Crippen LogP contribution is 2.32. The first-order valence-corrected chi connectivity index (χ1v) is 11.6. The van der Waals surface area contributed by atoms with Gasteiger partial charge in [-0.1, -0.05) is 44.5 Å².